The summed E-state index contributed by atoms with van der Waals surface area (Å²) in [4.78, 5) is 17.3. The molecule has 2 aliphatic rings. The normalized spacial score (nSPS) is 19.1. The van der Waals surface area contributed by atoms with Gasteiger partial charge in [0.05, 0.1) is 11.8 Å². The van der Waals surface area contributed by atoms with E-state index in [1.54, 1.807) is 4.90 Å². The maximum atomic E-state index is 13.8. The first-order chi connectivity index (χ1) is 11.5. The van der Waals surface area contributed by atoms with Crippen LogP contribution in [0, 0.1) is 11.6 Å². The van der Waals surface area contributed by atoms with E-state index in [9.17, 15) is 18.7 Å². The summed E-state index contributed by atoms with van der Waals surface area (Å²) in [5.74, 6) is -1.00. The largest absolute Gasteiger partial charge is 0.390 e. The quantitative estimate of drug-likeness (QED) is 0.803. The summed E-state index contributed by atoms with van der Waals surface area (Å²) < 4.78 is 26.8. The lowest BCUT2D eigenvalue weighted by molar-refractivity contribution is -0.129. The van der Waals surface area contributed by atoms with E-state index < -0.39 is 17.7 Å². The van der Waals surface area contributed by atoms with Crippen LogP contribution in [0.25, 0.3) is 0 Å². The van der Waals surface area contributed by atoms with Gasteiger partial charge in [-0.25, -0.2) is 8.78 Å². The second kappa shape index (κ2) is 10.3. The van der Waals surface area contributed by atoms with Crippen LogP contribution in [-0.2, 0) is 4.79 Å². The number of amides is 1. The van der Waals surface area contributed by atoms with Crippen molar-refractivity contribution in [3.8, 4) is 0 Å². The van der Waals surface area contributed by atoms with E-state index in [1.807, 2.05) is 4.90 Å². The van der Waals surface area contributed by atoms with Crippen LogP contribution in [-0.4, -0.2) is 72.7 Å². The number of carbonyl (C=O) groups excluding carboxylic acids is 1. The molecule has 0 aromatic heterocycles. The number of hydrogen-bond acceptors (Lipinski definition) is 4. The maximum Gasteiger partial charge on any atom is 0.222 e. The molecule has 148 valence electrons. The van der Waals surface area contributed by atoms with Crippen LogP contribution in [0.4, 0.5) is 14.5 Å². The number of piperazine rings is 1. The number of carbonyl (C=O) groups is 1. The Morgan fingerprint density at radius 2 is 1.73 bits per heavy atom. The summed E-state index contributed by atoms with van der Waals surface area (Å²) in [5.41, 5.74) is 0.416. The van der Waals surface area contributed by atoms with E-state index >= 15 is 0 Å². The number of halogens is 4. The van der Waals surface area contributed by atoms with Crippen molar-refractivity contribution in [2.75, 3.05) is 50.7 Å². The van der Waals surface area contributed by atoms with E-state index in [1.165, 1.54) is 12.1 Å². The summed E-state index contributed by atoms with van der Waals surface area (Å²) in [5, 5.41) is 10.2. The molecule has 5 nitrogen and oxygen atoms in total. The number of anilines is 1. The fraction of sp³-hybridized carbons (Fsp3) is 0.588. The second-order valence-corrected chi connectivity index (χ2v) is 6.48. The molecule has 0 spiro atoms. The molecule has 1 aromatic carbocycles. The Bertz CT molecular complexity index is 601. The van der Waals surface area contributed by atoms with Gasteiger partial charge >= 0.3 is 0 Å². The molecule has 1 aromatic rings. The zero-order valence-corrected chi connectivity index (χ0v) is 16.1. The molecule has 1 unspecified atom stereocenters. The van der Waals surface area contributed by atoms with Crippen molar-refractivity contribution in [1.82, 2.24) is 9.80 Å². The Balaban J connectivity index is 0.00000169. The second-order valence-electron chi connectivity index (χ2n) is 6.48. The lowest BCUT2D eigenvalue weighted by Gasteiger charge is -2.37. The highest BCUT2D eigenvalue weighted by Crippen LogP contribution is 2.21. The SMILES string of the molecule is Cl.Cl.O=C1CCCN1CC(O)CN1CCN(c2ccc(F)cc2F)CC1. The molecule has 26 heavy (non-hydrogen) atoms. The molecule has 9 heteroatoms. The molecule has 2 aliphatic heterocycles. The Labute approximate surface area is 164 Å². The van der Waals surface area contributed by atoms with Crippen molar-refractivity contribution in [2.45, 2.75) is 18.9 Å². The van der Waals surface area contributed by atoms with Gasteiger partial charge in [0, 0.05) is 58.3 Å². The highest BCUT2D eigenvalue weighted by Gasteiger charge is 2.25. The Kier molecular flexibility index (Phi) is 9.03. The van der Waals surface area contributed by atoms with Crippen molar-refractivity contribution >= 4 is 36.4 Å². The first-order valence-electron chi connectivity index (χ1n) is 8.41. The molecule has 0 saturated carbocycles. The van der Waals surface area contributed by atoms with E-state index in [0.29, 0.717) is 51.4 Å². The highest BCUT2D eigenvalue weighted by atomic mass is 35.5. The van der Waals surface area contributed by atoms with Gasteiger partial charge in [0.2, 0.25) is 5.91 Å². The van der Waals surface area contributed by atoms with Gasteiger partial charge < -0.3 is 14.9 Å². The summed E-state index contributed by atoms with van der Waals surface area (Å²) in [6.45, 7) is 4.25. The van der Waals surface area contributed by atoms with Crippen LogP contribution in [0.15, 0.2) is 18.2 Å². The van der Waals surface area contributed by atoms with E-state index in [0.717, 1.165) is 19.0 Å². The summed E-state index contributed by atoms with van der Waals surface area (Å²) in [7, 11) is 0. The fourth-order valence-electron chi connectivity index (χ4n) is 3.42. The van der Waals surface area contributed by atoms with Crippen LogP contribution in [0.3, 0.4) is 0 Å². The minimum absolute atomic E-state index is 0. The average Bonchev–Trinajstić information content (AvgIpc) is 2.93. The number of nitrogens with zero attached hydrogens (tertiary/aromatic N) is 3. The molecule has 0 bridgehead atoms. The van der Waals surface area contributed by atoms with Crippen molar-refractivity contribution in [3.63, 3.8) is 0 Å². The molecule has 1 N–H and O–H groups in total. The smallest absolute Gasteiger partial charge is 0.222 e. The molecular formula is C17H25Cl2F2N3O2. The minimum atomic E-state index is -0.575. The van der Waals surface area contributed by atoms with Crippen LogP contribution in [0.2, 0.25) is 0 Å². The zero-order valence-electron chi connectivity index (χ0n) is 14.4. The van der Waals surface area contributed by atoms with Crippen LogP contribution in [0.5, 0.6) is 0 Å². The van der Waals surface area contributed by atoms with Crippen molar-refractivity contribution in [2.24, 2.45) is 0 Å². The van der Waals surface area contributed by atoms with Gasteiger partial charge in [-0.15, -0.1) is 24.8 Å². The third-order valence-electron chi connectivity index (χ3n) is 4.69. The van der Waals surface area contributed by atoms with Crippen molar-refractivity contribution in [1.29, 1.82) is 0 Å². The Morgan fingerprint density at radius 1 is 1.04 bits per heavy atom. The predicted molar refractivity (Wildman–Crippen MR) is 101 cm³/mol. The van der Waals surface area contributed by atoms with Crippen LogP contribution in [0.1, 0.15) is 12.8 Å². The number of β-amino-alcohol motifs (C(OH)–C–C–N with tert-alkyl or cyclic N) is 1. The third-order valence-corrected chi connectivity index (χ3v) is 4.69. The Morgan fingerprint density at radius 3 is 2.31 bits per heavy atom. The number of rotatable bonds is 5. The number of aliphatic hydroxyl groups excluding tert-OH is 1. The summed E-state index contributed by atoms with van der Waals surface area (Å²) in [6.07, 6.45) is 0.878. The third kappa shape index (κ3) is 5.67. The monoisotopic (exact) mass is 411 g/mol. The van der Waals surface area contributed by atoms with Gasteiger partial charge in [0.1, 0.15) is 11.6 Å². The molecule has 2 fully saturated rings. The Hall–Kier alpha value is -1.15. The topological polar surface area (TPSA) is 47.0 Å². The van der Waals surface area contributed by atoms with Gasteiger partial charge in [0.15, 0.2) is 0 Å². The van der Waals surface area contributed by atoms with E-state index in [4.69, 9.17) is 0 Å². The lowest BCUT2D eigenvalue weighted by Crippen LogP contribution is -2.50. The van der Waals surface area contributed by atoms with E-state index in [-0.39, 0.29) is 30.7 Å². The van der Waals surface area contributed by atoms with Gasteiger partial charge in [-0.2, -0.15) is 0 Å². The first-order valence-corrected chi connectivity index (χ1v) is 8.41. The predicted octanol–water partition coefficient (Wildman–Crippen LogP) is 1.91. The molecule has 0 radical (unpaired) electrons. The van der Waals surface area contributed by atoms with Gasteiger partial charge in [-0.3, -0.25) is 9.69 Å². The molecule has 1 amide bonds. The minimum Gasteiger partial charge on any atom is -0.390 e. The molecule has 2 saturated heterocycles. The lowest BCUT2D eigenvalue weighted by atomic mass is 10.2. The van der Waals surface area contributed by atoms with Crippen LogP contribution >= 0.6 is 24.8 Å². The molecule has 3 rings (SSSR count). The number of likely N-dealkylation sites (tertiary alicyclic amines) is 1. The number of benzene rings is 1. The average molecular weight is 412 g/mol. The highest BCUT2D eigenvalue weighted by molar-refractivity contribution is 5.85. The fourth-order valence-corrected chi connectivity index (χ4v) is 3.42. The van der Waals surface area contributed by atoms with E-state index in [2.05, 4.69) is 4.90 Å². The standard InChI is InChI=1S/C17H23F2N3O2.2ClH/c18-13-3-4-16(15(19)10-13)21-8-6-20(7-9-21)11-14(23)12-22-5-1-2-17(22)24;;/h3-4,10,14,23H,1-2,5-9,11-12H2;2*1H. The van der Waals surface area contributed by atoms with Gasteiger partial charge in [0.25, 0.3) is 0 Å². The molecule has 0 aliphatic carbocycles. The first kappa shape index (κ1) is 22.9. The number of aliphatic hydroxyl groups is 1. The van der Waals surface area contributed by atoms with Crippen molar-refractivity contribution in [3.05, 3.63) is 29.8 Å². The molecule has 2 heterocycles. The maximum absolute atomic E-state index is 13.8. The molecule has 1 atom stereocenters. The summed E-state index contributed by atoms with van der Waals surface area (Å²) in [6, 6.07) is 3.63. The van der Waals surface area contributed by atoms with Crippen LogP contribution < -0.4 is 4.90 Å². The number of hydrogen-bond donors (Lipinski definition) is 1. The van der Waals surface area contributed by atoms with Gasteiger partial charge in [-0.1, -0.05) is 0 Å². The van der Waals surface area contributed by atoms with Crippen molar-refractivity contribution < 1.29 is 18.7 Å². The zero-order chi connectivity index (χ0) is 17.1. The van der Waals surface area contributed by atoms with Gasteiger partial charge in [-0.05, 0) is 18.6 Å². The molecular weight excluding hydrogens is 387 g/mol. The summed E-state index contributed by atoms with van der Waals surface area (Å²) >= 11 is 0.